The molecule has 0 unspecified atom stereocenters. The van der Waals surface area contributed by atoms with Crippen molar-refractivity contribution in [3.63, 3.8) is 0 Å². The summed E-state index contributed by atoms with van der Waals surface area (Å²) in [5.41, 5.74) is 0. The molecular formula is C14H21N5OS2. The fourth-order valence-electron chi connectivity index (χ4n) is 1.95. The van der Waals surface area contributed by atoms with Crippen LogP contribution in [0.25, 0.3) is 0 Å². The molecule has 1 N–H and O–H groups in total. The Bertz CT molecular complexity index is 596. The van der Waals surface area contributed by atoms with Crippen LogP contribution in [0.5, 0.6) is 0 Å². The van der Waals surface area contributed by atoms with Crippen molar-refractivity contribution in [2.24, 2.45) is 0 Å². The second-order valence-corrected chi connectivity index (χ2v) is 7.04. The van der Waals surface area contributed by atoms with Crippen molar-refractivity contribution in [1.82, 2.24) is 19.7 Å². The molecule has 1 atom stereocenters. The van der Waals surface area contributed by atoms with E-state index in [-0.39, 0.29) is 11.2 Å². The highest BCUT2D eigenvalue weighted by molar-refractivity contribution is 8.00. The molecule has 2 rings (SSSR count). The summed E-state index contributed by atoms with van der Waals surface area (Å²) < 4.78 is 2.09. The third-order valence-corrected chi connectivity index (χ3v) is 4.95. The average Bonchev–Trinajstić information content (AvgIpc) is 3.14. The highest BCUT2D eigenvalue weighted by Gasteiger charge is 2.20. The average molecular weight is 339 g/mol. The Kier molecular flexibility index (Phi) is 6.38. The molecule has 0 fully saturated rings. The number of rotatable bonds is 8. The van der Waals surface area contributed by atoms with E-state index in [1.54, 1.807) is 6.20 Å². The third-order valence-electron chi connectivity index (χ3n) is 3.18. The van der Waals surface area contributed by atoms with Gasteiger partial charge in [0.05, 0.1) is 5.25 Å². The zero-order valence-electron chi connectivity index (χ0n) is 13.1. The van der Waals surface area contributed by atoms with Crippen molar-refractivity contribution < 1.29 is 4.79 Å². The first-order valence-electron chi connectivity index (χ1n) is 7.44. The molecular weight excluding hydrogens is 318 g/mol. The number of aromatic nitrogens is 4. The molecule has 0 aromatic carbocycles. The maximum absolute atomic E-state index is 12.2. The van der Waals surface area contributed by atoms with E-state index in [0.29, 0.717) is 5.13 Å². The van der Waals surface area contributed by atoms with Crippen molar-refractivity contribution in [2.45, 2.75) is 57.0 Å². The minimum absolute atomic E-state index is 0.0688. The van der Waals surface area contributed by atoms with Crippen LogP contribution in [0.4, 0.5) is 5.13 Å². The molecule has 22 heavy (non-hydrogen) atoms. The summed E-state index contributed by atoms with van der Waals surface area (Å²) in [6, 6.07) is 0. The van der Waals surface area contributed by atoms with Gasteiger partial charge in [-0.3, -0.25) is 4.79 Å². The number of carbonyl (C=O) groups excluding carboxylic acids is 1. The number of anilines is 1. The third kappa shape index (κ3) is 4.30. The van der Waals surface area contributed by atoms with E-state index in [9.17, 15) is 4.79 Å². The predicted octanol–water partition coefficient (Wildman–Crippen LogP) is 3.22. The number of aryl methyl sites for hydroxylation is 1. The number of thiazole rings is 1. The van der Waals surface area contributed by atoms with E-state index < -0.39 is 0 Å². The molecule has 0 aliphatic rings. The Morgan fingerprint density at radius 1 is 1.45 bits per heavy atom. The van der Waals surface area contributed by atoms with Gasteiger partial charge in [0.15, 0.2) is 10.3 Å². The lowest BCUT2D eigenvalue weighted by Crippen LogP contribution is -2.22. The van der Waals surface area contributed by atoms with E-state index in [0.717, 1.165) is 36.8 Å². The number of hydrogen-bond acceptors (Lipinski definition) is 6. The van der Waals surface area contributed by atoms with Gasteiger partial charge in [0, 0.05) is 24.5 Å². The van der Waals surface area contributed by atoms with Crippen molar-refractivity contribution in [1.29, 1.82) is 0 Å². The molecule has 2 heterocycles. The Hall–Kier alpha value is -1.41. The number of hydrogen-bond donors (Lipinski definition) is 1. The fourth-order valence-corrected chi connectivity index (χ4v) is 3.41. The molecule has 8 heteroatoms. The minimum atomic E-state index is -0.252. The van der Waals surface area contributed by atoms with Gasteiger partial charge in [-0.1, -0.05) is 25.1 Å². The van der Waals surface area contributed by atoms with Crippen molar-refractivity contribution >= 4 is 34.1 Å². The normalized spacial score (nSPS) is 12.3. The van der Waals surface area contributed by atoms with Crippen LogP contribution in [0.3, 0.4) is 0 Å². The fraction of sp³-hybridized carbons (Fsp3) is 0.571. The molecule has 2 aromatic heterocycles. The van der Waals surface area contributed by atoms with E-state index >= 15 is 0 Å². The molecule has 0 saturated carbocycles. The van der Waals surface area contributed by atoms with Gasteiger partial charge in [-0.25, -0.2) is 4.98 Å². The van der Waals surface area contributed by atoms with Crippen LogP contribution in [0.15, 0.2) is 16.7 Å². The summed E-state index contributed by atoms with van der Waals surface area (Å²) in [6.45, 7) is 6.92. The van der Waals surface area contributed by atoms with Crippen molar-refractivity contribution in [2.75, 3.05) is 5.32 Å². The molecule has 0 aliphatic heterocycles. The Morgan fingerprint density at radius 2 is 2.27 bits per heavy atom. The molecule has 0 spiro atoms. The van der Waals surface area contributed by atoms with Gasteiger partial charge >= 0.3 is 0 Å². The van der Waals surface area contributed by atoms with Gasteiger partial charge in [0.1, 0.15) is 5.82 Å². The van der Waals surface area contributed by atoms with Gasteiger partial charge in [0.2, 0.25) is 5.91 Å². The smallest absolute Gasteiger partial charge is 0.239 e. The first-order chi connectivity index (χ1) is 10.7. The molecule has 6 nitrogen and oxygen atoms in total. The summed E-state index contributed by atoms with van der Waals surface area (Å²) in [6.07, 6.45) is 4.83. The van der Waals surface area contributed by atoms with Crippen LogP contribution in [-0.2, 0) is 17.8 Å². The zero-order valence-corrected chi connectivity index (χ0v) is 14.7. The second-order valence-electron chi connectivity index (χ2n) is 4.83. The molecule has 0 aliphatic carbocycles. The zero-order chi connectivity index (χ0) is 15.9. The maximum atomic E-state index is 12.2. The van der Waals surface area contributed by atoms with E-state index in [2.05, 4.69) is 38.9 Å². The maximum Gasteiger partial charge on any atom is 0.239 e. The lowest BCUT2D eigenvalue weighted by molar-refractivity contribution is -0.115. The highest BCUT2D eigenvalue weighted by Crippen LogP contribution is 2.24. The summed E-state index contributed by atoms with van der Waals surface area (Å²) in [4.78, 5) is 16.2. The number of thioether (sulfide) groups is 1. The Morgan fingerprint density at radius 3 is 2.91 bits per heavy atom. The van der Waals surface area contributed by atoms with Crippen molar-refractivity contribution in [3.8, 4) is 0 Å². The monoisotopic (exact) mass is 339 g/mol. The van der Waals surface area contributed by atoms with E-state index in [1.807, 2.05) is 12.3 Å². The van der Waals surface area contributed by atoms with Gasteiger partial charge in [-0.15, -0.1) is 21.5 Å². The number of unbranched alkanes of at least 4 members (excludes halogenated alkanes) is 1. The lowest BCUT2D eigenvalue weighted by atomic mass is 10.2. The summed E-state index contributed by atoms with van der Waals surface area (Å²) in [5, 5.41) is 14.3. The van der Waals surface area contributed by atoms with Crippen LogP contribution in [0.1, 0.15) is 39.4 Å². The largest absolute Gasteiger partial charge is 0.306 e. The van der Waals surface area contributed by atoms with Crippen LogP contribution in [0, 0.1) is 0 Å². The van der Waals surface area contributed by atoms with Crippen LogP contribution in [0.2, 0.25) is 0 Å². The minimum Gasteiger partial charge on any atom is -0.306 e. The SMILES string of the molecule is CCCCc1nnc(S[C@@H](C)C(=O)Nc2nccs2)n1CC. The first-order valence-corrected chi connectivity index (χ1v) is 9.20. The molecule has 0 saturated heterocycles. The summed E-state index contributed by atoms with van der Waals surface area (Å²) >= 11 is 2.84. The highest BCUT2D eigenvalue weighted by atomic mass is 32.2. The van der Waals surface area contributed by atoms with Gasteiger partial charge in [0.25, 0.3) is 0 Å². The number of amides is 1. The summed E-state index contributed by atoms with van der Waals surface area (Å²) in [7, 11) is 0. The van der Waals surface area contributed by atoms with Crippen LogP contribution in [-0.4, -0.2) is 30.9 Å². The lowest BCUT2D eigenvalue weighted by Gasteiger charge is -2.11. The summed E-state index contributed by atoms with van der Waals surface area (Å²) in [5.74, 6) is 0.931. The molecule has 0 radical (unpaired) electrons. The van der Waals surface area contributed by atoms with E-state index in [1.165, 1.54) is 23.1 Å². The Balaban J connectivity index is 1.99. The number of nitrogens with zero attached hydrogens (tertiary/aromatic N) is 4. The molecule has 2 aromatic rings. The van der Waals surface area contributed by atoms with Crippen molar-refractivity contribution in [3.05, 3.63) is 17.4 Å². The number of nitrogens with one attached hydrogen (secondary N) is 1. The standard InChI is InChI=1S/C14H21N5OS2/c1-4-6-7-11-17-18-14(19(11)5-2)22-10(3)12(20)16-13-15-8-9-21-13/h8-10H,4-7H2,1-3H3,(H,15,16,20)/t10-/m0/s1. The molecule has 120 valence electrons. The van der Waals surface area contributed by atoms with Crippen LogP contribution >= 0.6 is 23.1 Å². The van der Waals surface area contributed by atoms with Gasteiger partial charge in [-0.05, 0) is 20.3 Å². The molecule has 0 bridgehead atoms. The topological polar surface area (TPSA) is 72.7 Å². The first kappa shape index (κ1) is 17.0. The number of carbonyl (C=O) groups is 1. The van der Waals surface area contributed by atoms with Gasteiger partial charge < -0.3 is 9.88 Å². The predicted molar refractivity (Wildman–Crippen MR) is 90.4 cm³/mol. The van der Waals surface area contributed by atoms with E-state index in [4.69, 9.17) is 0 Å². The second kappa shape index (κ2) is 8.28. The van der Waals surface area contributed by atoms with Crippen LogP contribution < -0.4 is 5.32 Å². The molecule has 1 amide bonds. The van der Waals surface area contributed by atoms with Gasteiger partial charge in [-0.2, -0.15) is 0 Å². The quantitative estimate of drug-likeness (QED) is 0.748. The Labute approximate surface area is 138 Å².